The molecule has 4 heteroatoms. The molecule has 4 rings (SSSR count). The van der Waals surface area contributed by atoms with Crippen molar-refractivity contribution in [2.75, 3.05) is 19.5 Å². The second-order valence-electron chi connectivity index (χ2n) is 6.16. The average molecular weight is 356 g/mol. The third-order valence-corrected chi connectivity index (χ3v) is 4.42. The minimum atomic E-state index is 0.735. The Morgan fingerprint density at radius 2 is 1.41 bits per heavy atom. The molecule has 4 nitrogen and oxygen atoms in total. The van der Waals surface area contributed by atoms with Crippen molar-refractivity contribution >= 4 is 22.3 Å². The summed E-state index contributed by atoms with van der Waals surface area (Å²) in [4.78, 5) is 4.83. The largest absolute Gasteiger partial charge is 0.497 e. The number of hydrogen-bond acceptors (Lipinski definition) is 4. The third kappa shape index (κ3) is 3.55. The first-order chi connectivity index (χ1) is 13.3. The summed E-state index contributed by atoms with van der Waals surface area (Å²) in [5.41, 5.74) is 4.81. The van der Waals surface area contributed by atoms with Crippen molar-refractivity contribution in [3.8, 4) is 22.8 Å². The van der Waals surface area contributed by atoms with Gasteiger partial charge in [0, 0.05) is 34.8 Å². The third-order valence-electron chi connectivity index (χ3n) is 4.42. The number of rotatable bonds is 5. The maximum absolute atomic E-state index is 5.38. The van der Waals surface area contributed by atoms with Crippen LogP contribution in [0.2, 0.25) is 0 Å². The molecule has 1 N–H and O–H groups in total. The quantitative estimate of drug-likeness (QED) is 0.501. The minimum absolute atomic E-state index is 0.735. The van der Waals surface area contributed by atoms with Crippen LogP contribution in [0.5, 0.6) is 11.5 Å². The zero-order valence-corrected chi connectivity index (χ0v) is 15.3. The van der Waals surface area contributed by atoms with Crippen molar-refractivity contribution in [3.63, 3.8) is 0 Å². The fourth-order valence-electron chi connectivity index (χ4n) is 3.07. The molecule has 134 valence electrons. The molecule has 0 aliphatic heterocycles. The SMILES string of the molecule is COc1cc(Nc2cc(-c3ccccc3)nc3ccccc23)cc(OC)c1. The molecule has 4 aromatic rings. The minimum Gasteiger partial charge on any atom is -0.497 e. The number of nitrogens with zero attached hydrogens (tertiary/aromatic N) is 1. The molecule has 0 unspecified atom stereocenters. The van der Waals surface area contributed by atoms with Gasteiger partial charge in [-0.2, -0.15) is 0 Å². The van der Waals surface area contributed by atoms with Gasteiger partial charge in [-0.3, -0.25) is 0 Å². The van der Waals surface area contributed by atoms with E-state index in [-0.39, 0.29) is 0 Å². The molecule has 1 aromatic heterocycles. The van der Waals surface area contributed by atoms with E-state index in [1.807, 2.05) is 54.6 Å². The number of pyridine rings is 1. The molecule has 0 aliphatic rings. The fraction of sp³-hybridized carbons (Fsp3) is 0.0870. The topological polar surface area (TPSA) is 43.4 Å². The molecule has 0 bridgehead atoms. The van der Waals surface area contributed by atoms with E-state index in [2.05, 4.69) is 29.6 Å². The summed E-state index contributed by atoms with van der Waals surface area (Å²) >= 11 is 0. The molecule has 0 atom stereocenters. The summed E-state index contributed by atoms with van der Waals surface area (Å²) < 4.78 is 10.8. The van der Waals surface area contributed by atoms with E-state index in [4.69, 9.17) is 14.5 Å². The van der Waals surface area contributed by atoms with Gasteiger partial charge in [-0.25, -0.2) is 4.98 Å². The lowest BCUT2D eigenvalue weighted by Crippen LogP contribution is -1.96. The van der Waals surface area contributed by atoms with Crippen molar-refractivity contribution in [1.82, 2.24) is 4.98 Å². The predicted octanol–water partition coefficient (Wildman–Crippen LogP) is 5.66. The van der Waals surface area contributed by atoms with Crippen molar-refractivity contribution in [2.24, 2.45) is 0 Å². The van der Waals surface area contributed by atoms with Gasteiger partial charge in [0.2, 0.25) is 0 Å². The molecule has 0 aliphatic carbocycles. The first-order valence-electron chi connectivity index (χ1n) is 8.72. The molecule has 27 heavy (non-hydrogen) atoms. The van der Waals surface area contributed by atoms with Crippen LogP contribution in [0.25, 0.3) is 22.2 Å². The first kappa shape index (κ1) is 16.9. The number of fused-ring (bicyclic) bond motifs is 1. The van der Waals surface area contributed by atoms with Gasteiger partial charge >= 0.3 is 0 Å². The summed E-state index contributed by atoms with van der Waals surface area (Å²) in [6.07, 6.45) is 0. The molecule has 0 spiro atoms. The second-order valence-corrected chi connectivity index (χ2v) is 6.16. The summed E-state index contributed by atoms with van der Waals surface area (Å²) in [5.74, 6) is 1.47. The van der Waals surface area contributed by atoms with Crippen LogP contribution in [0.1, 0.15) is 0 Å². The smallest absolute Gasteiger partial charge is 0.124 e. The molecular weight excluding hydrogens is 336 g/mol. The van der Waals surface area contributed by atoms with Crippen LogP contribution >= 0.6 is 0 Å². The van der Waals surface area contributed by atoms with Gasteiger partial charge in [0.05, 0.1) is 31.1 Å². The lowest BCUT2D eigenvalue weighted by molar-refractivity contribution is 0.395. The van der Waals surface area contributed by atoms with Gasteiger partial charge < -0.3 is 14.8 Å². The van der Waals surface area contributed by atoms with Crippen LogP contribution in [0.3, 0.4) is 0 Å². The molecular formula is C23H20N2O2. The van der Waals surface area contributed by atoms with Crippen LogP contribution < -0.4 is 14.8 Å². The number of methoxy groups -OCH3 is 2. The Labute approximate surface area is 158 Å². The molecule has 3 aromatic carbocycles. The van der Waals surface area contributed by atoms with Gasteiger partial charge in [0.25, 0.3) is 0 Å². The maximum Gasteiger partial charge on any atom is 0.124 e. The highest BCUT2D eigenvalue weighted by Crippen LogP contribution is 2.33. The monoisotopic (exact) mass is 356 g/mol. The van der Waals surface area contributed by atoms with Crippen LogP contribution in [0.4, 0.5) is 11.4 Å². The van der Waals surface area contributed by atoms with E-state index >= 15 is 0 Å². The zero-order chi connectivity index (χ0) is 18.6. The highest BCUT2D eigenvalue weighted by Gasteiger charge is 2.09. The maximum atomic E-state index is 5.38. The lowest BCUT2D eigenvalue weighted by Gasteiger charge is -2.14. The fourth-order valence-corrected chi connectivity index (χ4v) is 3.07. The highest BCUT2D eigenvalue weighted by atomic mass is 16.5. The molecule has 0 radical (unpaired) electrons. The summed E-state index contributed by atoms with van der Waals surface area (Å²) in [6, 6.07) is 26.1. The van der Waals surface area contributed by atoms with E-state index < -0.39 is 0 Å². The zero-order valence-electron chi connectivity index (χ0n) is 15.3. The van der Waals surface area contributed by atoms with Crippen LogP contribution in [-0.2, 0) is 0 Å². The van der Waals surface area contributed by atoms with Crippen molar-refractivity contribution in [1.29, 1.82) is 0 Å². The average Bonchev–Trinajstić information content (AvgIpc) is 2.74. The van der Waals surface area contributed by atoms with Gasteiger partial charge in [0.15, 0.2) is 0 Å². The predicted molar refractivity (Wildman–Crippen MR) is 110 cm³/mol. The van der Waals surface area contributed by atoms with Crippen molar-refractivity contribution in [2.45, 2.75) is 0 Å². The number of benzene rings is 3. The van der Waals surface area contributed by atoms with E-state index in [0.717, 1.165) is 45.0 Å². The Morgan fingerprint density at radius 3 is 2.11 bits per heavy atom. The van der Waals surface area contributed by atoms with Crippen molar-refractivity contribution in [3.05, 3.63) is 78.9 Å². The van der Waals surface area contributed by atoms with Gasteiger partial charge in [-0.05, 0) is 12.1 Å². The normalized spacial score (nSPS) is 10.6. The van der Waals surface area contributed by atoms with E-state index in [1.54, 1.807) is 14.2 Å². The Morgan fingerprint density at radius 1 is 0.741 bits per heavy atom. The molecule has 0 fully saturated rings. The van der Waals surface area contributed by atoms with Crippen molar-refractivity contribution < 1.29 is 9.47 Å². The number of aromatic nitrogens is 1. The van der Waals surface area contributed by atoms with E-state index in [9.17, 15) is 0 Å². The summed E-state index contributed by atoms with van der Waals surface area (Å²) in [6.45, 7) is 0. The lowest BCUT2D eigenvalue weighted by atomic mass is 10.1. The molecule has 0 amide bonds. The standard InChI is InChI=1S/C23H20N2O2/c1-26-18-12-17(13-19(14-18)27-2)24-23-15-22(16-8-4-3-5-9-16)25-21-11-7-6-10-20(21)23/h3-15H,1-2H3,(H,24,25). The van der Waals surface area contributed by atoms with E-state index in [0.29, 0.717) is 0 Å². The second kappa shape index (κ2) is 7.38. The Hall–Kier alpha value is -3.53. The van der Waals surface area contributed by atoms with E-state index in [1.165, 1.54) is 0 Å². The van der Waals surface area contributed by atoms with Gasteiger partial charge in [-0.1, -0.05) is 48.5 Å². The number of para-hydroxylation sites is 1. The number of ether oxygens (including phenoxy) is 2. The summed E-state index contributed by atoms with van der Waals surface area (Å²) in [7, 11) is 3.29. The molecule has 0 saturated heterocycles. The molecule has 0 saturated carbocycles. The number of hydrogen-bond donors (Lipinski definition) is 1. The number of anilines is 2. The van der Waals surface area contributed by atoms with Gasteiger partial charge in [0.1, 0.15) is 11.5 Å². The molecule has 1 heterocycles. The van der Waals surface area contributed by atoms with Crippen LogP contribution in [0.15, 0.2) is 78.9 Å². The summed E-state index contributed by atoms with van der Waals surface area (Å²) in [5, 5.41) is 4.56. The Balaban J connectivity index is 1.83. The number of nitrogens with one attached hydrogen (secondary N) is 1. The highest BCUT2D eigenvalue weighted by molar-refractivity contribution is 5.95. The Kier molecular flexibility index (Phi) is 4.62. The Bertz CT molecular complexity index is 1060. The van der Waals surface area contributed by atoms with Gasteiger partial charge in [-0.15, -0.1) is 0 Å². The first-order valence-corrected chi connectivity index (χ1v) is 8.72. The van der Waals surface area contributed by atoms with Crippen LogP contribution in [-0.4, -0.2) is 19.2 Å². The van der Waals surface area contributed by atoms with Crippen LogP contribution in [0, 0.1) is 0 Å².